The Morgan fingerprint density at radius 1 is 0.923 bits per heavy atom. The Hall–Kier alpha value is -2.63. The molecule has 4 aliphatic carbocycles. The number of allylic oxidation sites excluding steroid dienone is 1. The summed E-state index contributed by atoms with van der Waals surface area (Å²) in [5.41, 5.74) is -0.648. The highest BCUT2D eigenvalue weighted by atomic mass is 16.6. The first-order chi connectivity index (χ1) is 24.4. The van der Waals surface area contributed by atoms with Crippen molar-refractivity contribution in [3.63, 3.8) is 0 Å². The minimum atomic E-state index is -0.816. The van der Waals surface area contributed by atoms with Crippen LogP contribution in [0.4, 0.5) is 0 Å². The van der Waals surface area contributed by atoms with Gasteiger partial charge in [-0.25, -0.2) is 4.79 Å². The van der Waals surface area contributed by atoms with Gasteiger partial charge in [0.15, 0.2) is 0 Å². The fourth-order valence-corrected chi connectivity index (χ4v) is 9.33. The Kier molecular flexibility index (Phi) is 12.2. The largest absolute Gasteiger partial charge is 0.464 e. The van der Waals surface area contributed by atoms with Crippen molar-refractivity contribution in [2.45, 2.75) is 174 Å². The molecule has 0 aromatic carbocycles. The molecule has 7 atom stereocenters. The van der Waals surface area contributed by atoms with Crippen LogP contribution in [0.2, 0.25) is 0 Å². The van der Waals surface area contributed by atoms with E-state index in [9.17, 15) is 24.0 Å². The van der Waals surface area contributed by atoms with Gasteiger partial charge < -0.3 is 29.6 Å². The monoisotopic (exact) mass is 728 g/mol. The third-order valence-corrected chi connectivity index (χ3v) is 13.1. The summed E-state index contributed by atoms with van der Waals surface area (Å²) < 4.78 is 24.0. The molecule has 292 valence electrons. The number of hydrogen-bond donors (Lipinski definition) is 2. The van der Waals surface area contributed by atoms with Gasteiger partial charge in [-0.3, -0.25) is 19.2 Å². The van der Waals surface area contributed by atoms with Crippen LogP contribution in [0.25, 0.3) is 0 Å². The quantitative estimate of drug-likeness (QED) is 0.0831. The second-order valence-corrected chi connectivity index (χ2v) is 18.0. The van der Waals surface area contributed by atoms with Crippen LogP contribution in [0.15, 0.2) is 11.6 Å². The van der Waals surface area contributed by atoms with Crippen LogP contribution in [0, 0.1) is 22.2 Å². The molecule has 6 aliphatic rings. The fraction of sp³-hybridized carbons (Fsp3) is 0.829. The number of nitrogens with one attached hydrogen (secondary N) is 2. The average Bonchev–Trinajstić information content (AvgIpc) is 4.03. The topological polar surface area (TPSA) is 153 Å². The molecule has 2 amide bonds. The van der Waals surface area contributed by atoms with Crippen LogP contribution in [0.3, 0.4) is 0 Å². The predicted octanol–water partition coefficient (Wildman–Crippen LogP) is 5.70. The highest BCUT2D eigenvalue weighted by molar-refractivity contribution is 5.90. The van der Waals surface area contributed by atoms with Crippen LogP contribution in [0.1, 0.15) is 138 Å². The smallest absolute Gasteiger partial charge is 0.328 e. The number of Topliss-reactive ketones (excluding diaryl/α,β-unsaturated/α-hetero) is 2. The molecule has 2 N–H and O–H groups in total. The summed E-state index contributed by atoms with van der Waals surface area (Å²) in [6.45, 7) is 14.3. The van der Waals surface area contributed by atoms with Crippen molar-refractivity contribution in [1.82, 2.24) is 10.6 Å². The van der Waals surface area contributed by atoms with Crippen molar-refractivity contribution in [3.8, 4) is 0 Å². The molecule has 4 saturated carbocycles. The number of ketones is 2. The zero-order chi connectivity index (χ0) is 38.1. The number of rotatable bonds is 17. The van der Waals surface area contributed by atoms with E-state index in [0.717, 1.165) is 38.5 Å². The van der Waals surface area contributed by atoms with Gasteiger partial charge in [0.1, 0.15) is 23.2 Å². The summed E-state index contributed by atoms with van der Waals surface area (Å²) in [5.74, 6) is -0.516. The molecule has 2 aliphatic heterocycles. The molecule has 2 heterocycles. The minimum Gasteiger partial charge on any atom is -0.464 e. The van der Waals surface area contributed by atoms with Crippen molar-refractivity contribution in [2.24, 2.45) is 22.2 Å². The standard InChI is InChI=1S/C41H64N2O9/c1-26(2)12-14-31-38(7,52-31)34-33(49-8)28(16-17-41(34)25-51-41)43-36(48)40-21-18-39(19-22-40,20-23-40)30(45)11-9-10-24-50-35(47)27(3)42-32(46)15-13-29(44)37(4,5)6/h12,27-28,31,33-34H,9-11,13-25H2,1-8H3,(H,42,46)(H,43,48)/t27-,28+,31+,33+,34+,38-,39?,40?,41-/m0/s1. The molecular weight excluding hydrogens is 664 g/mol. The molecule has 2 saturated heterocycles. The maximum absolute atomic E-state index is 14.1. The van der Waals surface area contributed by atoms with E-state index < -0.39 is 22.8 Å². The second-order valence-electron chi connectivity index (χ2n) is 18.0. The molecule has 2 bridgehead atoms. The van der Waals surface area contributed by atoms with E-state index in [1.807, 2.05) is 20.8 Å². The van der Waals surface area contributed by atoms with Crippen LogP contribution in [0.5, 0.6) is 0 Å². The molecule has 11 nitrogen and oxygen atoms in total. The molecule has 6 rings (SSSR count). The number of methoxy groups -OCH3 is 1. The first-order valence-electron chi connectivity index (χ1n) is 19.7. The van der Waals surface area contributed by atoms with Gasteiger partial charge >= 0.3 is 5.97 Å². The van der Waals surface area contributed by atoms with Gasteiger partial charge in [0.25, 0.3) is 0 Å². The molecule has 0 unspecified atom stereocenters. The Labute approximate surface area is 310 Å². The lowest BCUT2D eigenvalue weighted by Gasteiger charge is -2.52. The molecule has 0 aromatic heterocycles. The molecule has 52 heavy (non-hydrogen) atoms. The summed E-state index contributed by atoms with van der Waals surface area (Å²) in [4.78, 5) is 64.3. The van der Waals surface area contributed by atoms with E-state index in [4.69, 9.17) is 18.9 Å². The highest BCUT2D eigenvalue weighted by Gasteiger charge is 2.72. The third-order valence-electron chi connectivity index (χ3n) is 13.1. The van der Waals surface area contributed by atoms with Crippen molar-refractivity contribution in [2.75, 3.05) is 20.3 Å². The Morgan fingerprint density at radius 2 is 1.56 bits per heavy atom. The molecular formula is C41H64N2O9. The molecule has 6 fully saturated rings. The normalized spacial score (nSPS) is 35.3. The van der Waals surface area contributed by atoms with Crippen LogP contribution < -0.4 is 10.6 Å². The average molecular weight is 729 g/mol. The van der Waals surface area contributed by atoms with Crippen molar-refractivity contribution in [1.29, 1.82) is 0 Å². The van der Waals surface area contributed by atoms with E-state index in [0.29, 0.717) is 45.1 Å². The lowest BCUT2D eigenvalue weighted by molar-refractivity contribution is -0.152. The highest BCUT2D eigenvalue weighted by Crippen LogP contribution is 2.60. The van der Waals surface area contributed by atoms with Crippen LogP contribution in [-0.2, 0) is 42.9 Å². The third kappa shape index (κ3) is 8.67. The molecule has 1 spiro atoms. The molecule has 11 heteroatoms. The minimum absolute atomic E-state index is 0.00690. The summed E-state index contributed by atoms with van der Waals surface area (Å²) in [7, 11) is 1.74. The predicted molar refractivity (Wildman–Crippen MR) is 195 cm³/mol. The first kappa shape index (κ1) is 40.6. The van der Waals surface area contributed by atoms with Gasteiger partial charge in [-0.1, -0.05) is 32.4 Å². The lowest BCUT2D eigenvalue weighted by Crippen LogP contribution is -2.62. The number of fused-ring (bicyclic) bond motifs is 3. The number of carbonyl (C=O) groups excluding carboxylic acids is 5. The van der Waals surface area contributed by atoms with Crippen molar-refractivity contribution < 1.29 is 42.9 Å². The summed E-state index contributed by atoms with van der Waals surface area (Å²) >= 11 is 0. The fourth-order valence-electron chi connectivity index (χ4n) is 9.33. The SMILES string of the molecule is CO[C@@H]1[C@H](NC(=O)C23CCC(C(=O)CCCCOC(=O)[C@H](C)NC(=O)CCC(=O)C(C)(C)C)(CC2)CC3)CC[C@]2(CO2)[C@H]1[C@@]1(C)O[C@@H]1CC=C(C)C. The van der Waals surface area contributed by atoms with Gasteiger partial charge in [0.2, 0.25) is 11.8 Å². The van der Waals surface area contributed by atoms with Gasteiger partial charge in [-0.15, -0.1) is 0 Å². The summed E-state index contributed by atoms with van der Waals surface area (Å²) in [6.07, 6.45) is 10.7. The van der Waals surface area contributed by atoms with E-state index in [-0.39, 0.29) is 83.6 Å². The van der Waals surface area contributed by atoms with E-state index in [2.05, 4.69) is 37.5 Å². The van der Waals surface area contributed by atoms with E-state index in [1.54, 1.807) is 14.0 Å². The Balaban J connectivity index is 1.04. The Bertz CT molecular complexity index is 1380. The lowest BCUT2D eigenvalue weighted by atomic mass is 9.52. The number of esters is 1. The van der Waals surface area contributed by atoms with Gasteiger partial charge in [-0.05, 0) is 98.3 Å². The van der Waals surface area contributed by atoms with Gasteiger partial charge in [-0.2, -0.15) is 0 Å². The zero-order valence-corrected chi connectivity index (χ0v) is 33.0. The number of amides is 2. The van der Waals surface area contributed by atoms with Crippen molar-refractivity contribution in [3.05, 3.63) is 11.6 Å². The number of ether oxygens (including phenoxy) is 4. The van der Waals surface area contributed by atoms with Gasteiger partial charge in [0, 0.05) is 48.5 Å². The van der Waals surface area contributed by atoms with Crippen LogP contribution in [-0.4, -0.2) is 85.2 Å². The summed E-state index contributed by atoms with van der Waals surface area (Å²) in [6, 6.07) is -0.937. The summed E-state index contributed by atoms with van der Waals surface area (Å²) in [5, 5.41) is 6.05. The number of unbranched alkanes of at least 4 members (excludes halogenated alkanes) is 1. The Morgan fingerprint density at radius 3 is 2.13 bits per heavy atom. The van der Waals surface area contributed by atoms with E-state index in [1.165, 1.54) is 5.57 Å². The second kappa shape index (κ2) is 15.6. The zero-order valence-electron chi connectivity index (χ0n) is 33.0. The molecule has 0 radical (unpaired) electrons. The van der Waals surface area contributed by atoms with Crippen LogP contribution >= 0.6 is 0 Å². The molecule has 0 aromatic rings. The number of epoxide rings is 2. The number of hydrogen-bond acceptors (Lipinski definition) is 9. The van der Waals surface area contributed by atoms with E-state index >= 15 is 0 Å². The first-order valence-corrected chi connectivity index (χ1v) is 19.7. The van der Waals surface area contributed by atoms with Gasteiger partial charge in [0.05, 0.1) is 37.1 Å². The van der Waals surface area contributed by atoms with Crippen molar-refractivity contribution >= 4 is 29.4 Å². The number of carbonyl (C=O) groups is 5. The maximum Gasteiger partial charge on any atom is 0.328 e. The maximum atomic E-state index is 14.1.